The van der Waals surface area contributed by atoms with Gasteiger partial charge >= 0.3 is 12.1 Å². The molecule has 0 aliphatic heterocycles. The highest BCUT2D eigenvalue weighted by Crippen LogP contribution is 2.32. The van der Waals surface area contributed by atoms with Gasteiger partial charge in [0.1, 0.15) is 5.75 Å². The summed E-state index contributed by atoms with van der Waals surface area (Å²) >= 11 is 0.909. The van der Waals surface area contributed by atoms with Crippen molar-refractivity contribution in [2.45, 2.75) is 6.18 Å². The highest BCUT2D eigenvalue weighted by atomic mass is 32.1. The Balaban J connectivity index is 2.23. The molecule has 0 aliphatic rings. The van der Waals surface area contributed by atoms with Crippen LogP contribution in [0.4, 0.5) is 18.3 Å². The third-order valence-corrected chi connectivity index (χ3v) is 3.12. The van der Waals surface area contributed by atoms with Crippen molar-refractivity contribution in [3.8, 4) is 17.0 Å². The van der Waals surface area contributed by atoms with E-state index in [4.69, 9.17) is 4.74 Å². The van der Waals surface area contributed by atoms with Crippen LogP contribution in [0.1, 0.15) is 0 Å². The molecular weight excluding hydrogens is 293 g/mol. The van der Waals surface area contributed by atoms with Gasteiger partial charge in [-0.3, -0.25) is 10.1 Å². The van der Waals surface area contributed by atoms with E-state index in [0.29, 0.717) is 17.0 Å². The number of ether oxygens (including phenoxy) is 1. The van der Waals surface area contributed by atoms with E-state index in [1.54, 1.807) is 35.0 Å². The number of halogens is 3. The Bertz CT molecular complexity index is 625. The fraction of sp³-hybridized carbons (Fsp3) is 0.167. The topological polar surface area (TPSA) is 51.2 Å². The Morgan fingerprint density at radius 3 is 2.70 bits per heavy atom. The molecule has 1 aromatic heterocycles. The van der Waals surface area contributed by atoms with Gasteiger partial charge < -0.3 is 4.74 Å². The van der Waals surface area contributed by atoms with Gasteiger partial charge in [0, 0.05) is 10.9 Å². The molecule has 1 heterocycles. The Morgan fingerprint density at radius 1 is 1.35 bits per heavy atom. The zero-order valence-electron chi connectivity index (χ0n) is 10.2. The van der Waals surface area contributed by atoms with Gasteiger partial charge in [-0.15, -0.1) is 11.3 Å². The minimum atomic E-state index is -4.93. The van der Waals surface area contributed by atoms with Crippen LogP contribution in [0.15, 0.2) is 29.6 Å². The van der Waals surface area contributed by atoms with Crippen LogP contribution in [0.3, 0.4) is 0 Å². The predicted octanol–water partition coefficient (Wildman–Crippen LogP) is 3.32. The van der Waals surface area contributed by atoms with Crippen LogP contribution in [-0.4, -0.2) is 24.2 Å². The van der Waals surface area contributed by atoms with E-state index in [1.165, 1.54) is 7.11 Å². The Kier molecular flexibility index (Phi) is 3.93. The largest absolute Gasteiger partial charge is 0.496 e. The summed E-state index contributed by atoms with van der Waals surface area (Å²) in [5, 5.41) is 3.14. The second-order valence-electron chi connectivity index (χ2n) is 3.69. The highest BCUT2D eigenvalue weighted by Gasteiger charge is 2.39. The number of rotatable bonds is 3. The number of hydrogen-bond donors (Lipinski definition) is 1. The number of methoxy groups -OCH3 is 1. The average Bonchev–Trinajstić information content (AvgIpc) is 2.86. The lowest BCUT2D eigenvalue weighted by Crippen LogP contribution is -2.29. The number of anilines is 1. The van der Waals surface area contributed by atoms with Gasteiger partial charge in [0.15, 0.2) is 5.13 Å². The number of carbonyl (C=O) groups is 1. The Hall–Kier alpha value is -2.09. The second-order valence-corrected chi connectivity index (χ2v) is 4.55. The van der Waals surface area contributed by atoms with Gasteiger partial charge in [0.2, 0.25) is 0 Å². The van der Waals surface area contributed by atoms with Gasteiger partial charge in [0.25, 0.3) is 0 Å². The zero-order chi connectivity index (χ0) is 14.8. The normalized spacial score (nSPS) is 11.2. The summed E-state index contributed by atoms with van der Waals surface area (Å²) in [5.41, 5.74) is 1.07. The number of nitrogens with one attached hydrogen (secondary N) is 1. The van der Waals surface area contributed by atoms with Gasteiger partial charge in [-0.25, -0.2) is 4.98 Å². The van der Waals surface area contributed by atoms with Crippen molar-refractivity contribution in [3.63, 3.8) is 0 Å². The summed E-state index contributed by atoms with van der Waals surface area (Å²) in [6.45, 7) is 0. The lowest BCUT2D eigenvalue weighted by molar-refractivity contribution is -0.167. The van der Waals surface area contributed by atoms with Crippen LogP contribution in [-0.2, 0) is 4.79 Å². The van der Waals surface area contributed by atoms with Gasteiger partial charge in [-0.05, 0) is 12.1 Å². The number of benzene rings is 1. The fourth-order valence-electron chi connectivity index (χ4n) is 1.48. The minimum absolute atomic E-state index is 0.117. The van der Waals surface area contributed by atoms with E-state index in [9.17, 15) is 18.0 Å². The predicted molar refractivity (Wildman–Crippen MR) is 68.8 cm³/mol. The molecule has 1 N–H and O–H groups in total. The van der Waals surface area contributed by atoms with E-state index in [1.807, 2.05) is 0 Å². The van der Waals surface area contributed by atoms with Gasteiger partial charge in [-0.1, -0.05) is 12.1 Å². The van der Waals surface area contributed by atoms with Crippen molar-refractivity contribution < 1.29 is 22.7 Å². The van der Waals surface area contributed by atoms with E-state index in [2.05, 4.69) is 4.98 Å². The molecule has 0 unspecified atom stereocenters. The van der Waals surface area contributed by atoms with E-state index < -0.39 is 12.1 Å². The molecule has 2 rings (SSSR count). The molecule has 1 aromatic carbocycles. The molecule has 0 atom stereocenters. The molecule has 0 spiro atoms. The molecule has 0 saturated heterocycles. The number of thiazole rings is 1. The summed E-state index contributed by atoms with van der Waals surface area (Å²) in [5.74, 6) is -1.50. The zero-order valence-corrected chi connectivity index (χ0v) is 11.0. The first-order valence-electron chi connectivity index (χ1n) is 5.39. The molecule has 0 saturated carbocycles. The number of carbonyl (C=O) groups excluding carboxylic acids is 1. The first-order chi connectivity index (χ1) is 9.41. The summed E-state index contributed by atoms with van der Waals surface area (Å²) in [6.07, 6.45) is -4.93. The molecule has 8 heteroatoms. The molecule has 1 amide bonds. The third kappa shape index (κ3) is 3.08. The smallest absolute Gasteiger partial charge is 0.471 e. The maximum atomic E-state index is 12.1. The molecule has 0 radical (unpaired) electrons. The number of nitrogens with zero attached hydrogens (tertiary/aromatic N) is 1. The SMILES string of the molecule is COc1ccccc1-c1csc(NC(=O)C(F)(F)F)n1. The number of amides is 1. The second kappa shape index (κ2) is 5.49. The van der Waals surface area contributed by atoms with Crippen molar-refractivity contribution in [1.82, 2.24) is 4.98 Å². The Morgan fingerprint density at radius 2 is 2.05 bits per heavy atom. The third-order valence-electron chi connectivity index (χ3n) is 2.37. The van der Waals surface area contributed by atoms with Gasteiger partial charge in [0.05, 0.1) is 12.8 Å². The molecule has 0 bridgehead atoms. The van der Waals surface area contributed by atoms with E-state index >= 15 is 0 Å². The first kappa shape index (κ1) is 14.3. The Labute approximate surface area is 116 Å². The van der Waals surface area contributed by atoms with Crippen molar-refractivity contribution in [3.05, 3.63) is 29.6 Å². The van der Waals surface area contributed by atoms with Gasteiger partial charge in [-0.2, -0.15) is 13.2 Å². The lowest BCUT2D eigenvalue weighted by atomic mass is 10.1. The first-order valence-corrected chi connectivity index (χ1v) is 6.27. The van der Waals surface area contributed by atoms with Crippen LogP contribution in [0.5, 0.6) is 5.75 Å². The summed E-state index contributed by atoms with van der Waals surface area (Å²) in [4.78, 5) is 14.8. The summed E-state index contributed by atoms with van der Waals surface area (Å²) < 4.78 is 41.5. The van der Waals surface area contributed by atoms with E-state index in [0.717, 1.165) is 11.3 Å². The highest BCUT2D eigenvalue weighted by molar-refractivity contribution is 7.14. The van der Waals surface area contributed by atoms with Crippen molar-refractivity contribution in [2.24, 2.45) is 0 Å². The number of hydrogen-bond acceptors (Lipinski definition) is 4. The summed E-state index contributed by atoms with van der Waals surface area (Å²) in [6, 6.07) is 6.96. The molecule has 2 aromatic rings. The molecular formula is C12H9F3N2O2S. The van der Waals surface area contributed by atoms with E-state index in [-0.39, 0.29) is 5.13 Å². The van der Waals surface area contributed by atoms with Crippen LogP contribution < -0.4 is 10.1 Å². The molecule has 0 fully saturated rings. The van der Waals surface area contributed by atoms with Crippen LogP contribution in [0, 0.1) is 0 Å². The fourth-order valence-corrected chi connectivity index (χ4v) is 2.18. The standard InChI is InChI=1S/C12H9F3N2O2S/c1-19-9-5-3-2-4-7(9)8-6-20-11(16-8)17-10(18)12(13,14)15/h2-6H,1H3,(H,16,17,18). The molecule has 20 heavy (non-hydrogen) atoms. The summed E-state index contributed by atoms with van der Waals surface area (Å²) in [7, 11) is 1.48. The van der Waals surface area contributed by atoms with Crippen LogP contribution in [0.25, 0.3) is 11.3 Å². The van der Waals surface area contributed by atoms with Crippen molar-refractivity contribution in [2.75, 3.05) is 12.4 Å². The number of para-hydroxylation sites is 1. The average molecular weight is 302 g/mol. The molecule has 106 valence electrons. The van der Waals surface area contributed by atoms with Crippen molar-refractivity contribution >= 4 is 22.4 Å². The van der Waals surface area contributed by atoms with Crippen LogP contribution >= 0.6 is 11.3 Å². The maximum Gasteiger partial charge on any atom is 0.471 e. The lowest BCUT2D eigenvalue weighted by Gasteiger charge is -2.05. The molecule has 4 nitrogen and oxygen atoms in total. The number of aromatic nitrogens is 1. The quantitative estimate of drug-likeness (QED) is 0.946. The van der Waals surface area contributed by atoms with Crippen molar-refractivity contribution in [1.29, 1.82) is 0 Å². The number of alkyl halides is 3. The monoisotopic (exact) mass is 302 g/mol. The maximum absolute atomic E-state index is 12.1. The van der Waals surface area contributed by atoms with Crippen LogP contribution in [0.2, 0.25) is 0 Å². The molecule has 0 aliphatic carbocycles. The minimum Gasteiger partial charge on any atom is -0.496 e.